The van der Waals surface area contributed by atoms with Crippen LogP contribution in [-0.2, 0) is 4.79 Å². The Morgan fingerprint density at radius 2 is 1.75 bits per heavy atom. The van der Waals surface area contributed by atoms with E-state index in [1.54, 1.807) is 6.07 Å². The highest BCUT2D eigenvalue weighted by atomic mass is 19.2. The third kappa shape index (κ3) is 2.07. The number of rotatable bonds is 1. The maximum absolute atomic E-state index is 13.3. The molecule has 0 aromatic heterocycles. The minimum atomic E-state index is -1.04. The Labute approximate surface area is 112 Å². The van der Waals surface area contributed by atoms with Gasteiger partial charge in [0.2, 0.25) is 0 Å². The van der Waals surface area contributed by atoms with Crippen LogP contribution in [0.5, 0.6) is 0 Å². The van der Waals surface area contributed by atoms with Crippen molar-refractivity contribution in [2.24, 2.45) is 0 Å². The summed E-state index contributed by atoms with van der Waals surface area (Å²) in [5, 5.41) is 2.44. The molecule has 0 aliphatic carbocycles. The molecule has 1 aliphatic heterocycles. The minimum absolute atomic E-state index is 0.171. The van der Waals surface area contributed by atoms with Crippen molar-refractivity contribution in [3.63, 3.8) is 0 Å². The largest absolute Gasteiger partial charge is 0.321 e. The van der Waals surface area contributed by atoms with E-state index in [-0.39, 0.29) is 16.8 Å². The van der Waals surface area contributed by atoms with Crippen molar-refractivity contribution in [1.29, 1.82) is 0 Å². The second-order valence-electron chi connectivity index (χ2n) is 4.38. The van der Waals surface area contributed by atoms with Gasteiger partial charge >= 0.3 is 0 Å². The maximum Gasteiger partial charge on any atom is 0.256 e. The molecule has 5 heteroatoms. The van der Waals surface area contributed by atoms with Crippen molar-refractivity contribution in [1.82, 2.24) is 0 Å². The van der Waals surface area contributed by atoms with Gasteiger partial charge in [-0.3, -0.25) is 4.79 Å². The van der Waals surface area contributed by atoms with Crippen LogP contribution in [0.15, 0.2) is 36.4 Å². The molecule has 0 spiro atoms. The molecule has 0 saturated carbocycles. The van der Waals surface area contributed by atoms with Crippen molar-refractivity contribution in [2.45, 2.75) is 0 Å². The Morgan fingerprint density at radius 3 is 2.50 bits per heavy atom. The lowest BCUT2D eigenvalue weighted by Crippen LogP contribution is -2.03. The van der Waals surface area contributed by atoms with E-state index in [0.717, 1.165) is 12.1 Å². The van der Waals surface area contributed by atoms with Gasteiger partial charge in [0, 0.05) is 17.2 Å². The number of carbonyl (C=O) groups excluding carboxylic acids is 1. The van der Waals surface area contributed by atoms with Crippen molar-refractivity contribution in [3.05, 3.63) is 65.0 Å². The van der Waals surface area contributed by atoms with Gasteiger partial charge in [-0.15, -0.1) is 0 Å². The molecule has 0 unspecified atom stereocenters. The average molecular weight is 275 g/mol. The van der Waals surface area contributed by atoms with Crippen molar-refractivity contribution in [3.8, 4) is 0 Å². The van der Waals surface area contributed by atoms with Crippen molar-refractivity contribution >= 4 is 23.2 Å². The highest BCUT2D eigenvalue weighted by Crippen LogP contribution is 2.34. The molecule has 0 fully saturated rings. The number of hydrogen-bond donors (Lipinski definition) is 1. The summed E-state index contributed by atoms with van der Waals surface area (Å²) in [4.78, 5) is 11.8. The number of halogens is 3. The quantitative estimate of drug-likeness (QED) is 0.792. The fourth-order valence-electron chi connectivity index (χ4n) is 2.09. The maximum atomic E-state index is 13.3. The first-order chi connectivity index (χ1) is 9.54. The highest BCUT2D eigenvalue weighted by molar-refractivity contribution is 6.34. The predicted octanol–water partition coefficient (Wildman–Crippen LogP) is 3.60. The van der Waals surface area contributed by atoms with E-state index >= 15 is 0 Å². The number of hydrogen-bond acceptors (Lipinski definition) is 1. The standard InChI is InChI=1S/C15H8F3NO/c16-9-3-1-2-8(4-9)5-11-10-6-12(17)13(18)7-14(10)19-15(11)20/h1-7H,(H,19,20). The monoisotopic (exact) mass is 275 g/mol. The topological polar surface area (TPSA) is 29.1 Å². The molecule has 1 amide bonds. The molecule has 3 rings (SSSR count). The molecule has 1 aliphatic rings. The van der Waals surface area contributed by atoms with E-state index in [9.17, 15) is 18.0 Å². The fraction of sp³-hybridized carbons (Fsp3) is 0. The van der Waals surface area contributed by atoms with E-state index in [1.165, 1.54) is 24.3 Å². The lowest BCUT2D eigenvalue weighted by atomic mass is 10.0. The fourth-order valence-corrected chi connectivity index (χ4v) is 2.09. The zero-order valence-electron chi connectivity index (χ0n) is 10.1. The number of benzene rings is 2. The summed E-state index contributed by atoms with van der Waals surface area (Å²) in [7, 11) is 0. The van der Waals surface area contributed by atoms with Crippen molar-refractivity contribution in [2.75, 3.05) is 5.32 Å². The van der Waals surface area contributed by atoms with Crippen LogP contribution in [0.25, 0.3) is 11.6 Å². The van der Waals surface area contributed by atoms with E-state index in [4.69, 9.17) is 0 Å². The first-order valence-corrected chi connectivity index (χ1v) is 5.82. The van der Waals surface area contributed by atoms with Crippen LogP contribution in [0.1, 0.15) is 11.1 Å². The Hall–Kier alpha value is -2.56. The van der Waals surface area contributed by atoms with E-state index in [2.05, 4.69) is 5.32 Å². The van der Waals surface area contributed by atoms with Crippen LogP contribution < -0.4 is 5.32 Å². The van der Waals surface area contributed by atoms with Gasteiger partial charge in [-0.2, -0.15) is 0 Å². The molecule has 1 heterocycles. The third-order valence-electron chi connectivity index (χ3n) is 3.00. The second-order valence-corrected chi connectivity index (χ2v) is 4.38. The molecule has 2 aromatic rings. The minimum Gasteiger partial charge on any atom is -0.321 e. The molecule has 1 N–H and O–H groups in total. The molecule has 0 radical (unpaired) electrons. The normalized spacial score (nSPS) is 15.3. The summed E-state index contributed by atoms with van der Waals surface area (Å²) < 4.78 is 39.5. The van der Waals surface area contributed by atoms with E-state index in [0.29, 0.717) is 5.56 Å². The molecule has 0 bridgehead atoms. The van der Waals surface area contributed by atoms with E-state index < -0.39 is 23.4 Å². The van der Waals surface area contributed by atoms with Gasteiger partial charge in [0.1, 0.15) is 5.82 Å². The van der Waals surface area contributed by atoms with Crippen molar-refractivity contribution < 1.29 is 18.0 Å². The average Bonchev–Trinajstić information content (AvgIpc) is 2.67. The van der Waals surface area contributed by atoms with Crippen LogP contribution in [0, 0.1) is 17.5 Å². The van der Waals surface area contributed by atoms with Gasteiger partial charge in [-0.1, -0.05) is 12.1 Å². The number of nitrogens with one attached hydrogen (secondary N) is 1. The molecule has 20 heavy (non-hydrogen) atoms. The summed E-state index contributed by atoms with van der Waals surface area (Å²) >= 11 is 0. The molecular formula is C15H8F3NO. The van der Waals surface area contributed by atoms with Gasteiger partial charge in [-0.25, -0.2) is 13.2 Å². The smallest absolute Gasteiger partial charge is 0.256 e. The summed E-state index contributed by atoms with van der Waals surface area (Å²) in [6, 6.07) is 7.52. The summed E-state index contributed by atoms with van der Waals surface area (Å²) in [6.45, 7) is 0. The Bertz CT molecular complexity index is 753. The number of carbonyl (C=O) groups is 1. The van der Waals surface area contributed by atoms with Gasteiger partial charge in [0.05, 0.1) is 5.69 Å². The summed E-state index contributed by atoms with van der Waals surface area (Å²) in [5.41, 5.74) is 1.10. The highest BCUT2D eigenvalue weighted by Gasteiger charge is 2.26. The zero-order valence-corrected chi connectivity index (χ0v) is 10.1. The third-order valence-corrected chi connectivity index (χ3v) is 3.00. The first-order valence-electron chi connectivity index (χ1n) is 5.82. The van der Waals surface area contributed by atoms with Crippen LogP contribution in [-0.4, -0.2) is 5.91 Å². The Morgan fingerprint density at radius 1 is 1.00 bits per heavy atom. The summed E-state index contributed by atoms with van der Waals surface area (Å²) in [5.74, 6) is -2.99. The summed E-state index contributed by atoms with van der Waals surface area (Å²) in [6.07, 6.45) is 1.43. The van der Waals surface area contributed by atoms with Gasteiger partial charge < -0.3 is 5.32 Å². The van der Waals surface area contributed by atoms with Gasteiger partial charge in [-0.05, 0) is 29.8 Å². The second kappa shape index (κ2) is 4.52. The molecular weight excluding hydrogens is 267 g/mol. The number of anilines is 1. The molecule has 100 valence electrons. The Balaban J connectivity index is 2.12. The van der Waals surface area contributed by atoms with Gasteiger partial charge in [0.25, 0.3) is 5.91 Å². The lowest BCUT2D eigenvalue weighted by Gasteiger charge is -2.00. The van der Waals surface area contributed by atoms with Gasteiger partial charge in [0.15, 0.2) is 11.6 Å². The Kier molecular flexibility index (Phi) is 2.82. The molecule has 2 aromatic carbocycles. The first kappa shape index (κ1) is 12.5. The van der Waals surface area contributed by atoms with Crippen LogP contribution in [0.2, 0.25) is 0 Å². The van der Waals surface area contributed by atoms with E-state index in [1.807, 2.05) is 0 Å². The zero-order chi connectivity index (χ0) is 14.3. The molecule has 0 saturated heterocycles. The molecule has 0 atom stereocenters. The van der Waals surface area contributed by atoms with Crippen LogP contribution in [0.3, 0.4) is 0 Å². The SMILES string of the molecule is O=C1Nc2cc(F)c(F)cc2C1=Cc1cccc(F)c1. The molecule has 2 nitrogen and oxygen atoms in total. The number of amides is 1. The number of fused-ring (bicyclic) bond motifs is 1. The lowest BCUT2D eigenvalue weighted by molar-refractivity contribution is -0.110. The predicted molar refractivity (Wildman–Crippen MR) is 69.3 cm³/mol. The van der Waals surface area contributed by atoms with Crippen LogP contribution >= 0.6 is 0 Å². The van der Waals surface area contributed by atoms with Crippen LogP contribution in [0.4, 0.5) is 18.9 Å².